The summed E-state index contributed by atoms with van der Waals surface area (Å²) in [5, 5.41) is 2.84. The molecule has 0 bridgehead atoms. The SMILES string of the molecule is CCN(CC(N)=O)C(C)C(=O)Nc1ccc(N)cc1C. The van der Waals surface area contributed by atoms with Gasteiger partial charge in [-0.1, -0.05) is 6.92 Å². The number of hydrogen-bond donors (Lipinski definition) is 3. The number of nitrogens with one attached hydrogen (secondary N) is 1. The Kier molecular flexibility index (Phi) is 5.52. The predicted octanol–water partition coefficient (Wildman–Crippen LogP) is 0.711. The molecule has 0 aromatic heterocycles. The van der Waals surface area contributed by atoms with Crippen LogP contribution in [0.25, 0.3) is 0 Å². The van der Waals surface area contributed by atoms with Crippen molar-refractivity contribution in [2.45, 2.75) is 26.8 Å². The average molecular weight is 278 g/mol. The van der Waals surface area contributed by atoms with Gasteiger partial charge in [-0.25, -0.2) is 0 Å². The highest BCUT2D eigenvalue weighted by Gasteiger charge is 2.21. The largest absolute Gasteiger partial charge is 0.399 e. The summed E-state index contributed by atoms with van der Waals surface area (Å²) >= 11 is 0. The fourth-order valence-electron chi connectivity index (χ4n) is 1.95. The first-order valence-corrected chi connectivity index (χ1v) is 6.54. The molecule has 1 atom stereocenters. The Balaban J connectivity index is 2.76. The molecule has 0 radical (unpaired) electrons. The summed E-state index contributed by atoms with van der Waals surface area (Å²) < 4.78 is 0. The third-order valence-corrected chi connectivity index (χ3v) is 3.20. The van der Waals surface area contributed by atoms with E-state index in [4.69, 9.17) is 11.5 Å². The van der Waals surface area contributed by atoms with Crippen LogP contribution in [0.1, 0.15) is 19.4 Å². The second kappa shape index (κ2) is 6.91. The summed E-state index contributed by atoms with van der Waals surface area (Å²) in [6, 6.07) is 4.85. The van der Waals surface area contributed by atoms with Crippen LogP contribution >= 0.6 is 0 Å². The monoisotopic (exact) mass is 278 g/mol. The number of carbonyl (C=O) groups is 2. The molecule has 6 nitrogen and oxygen atoms in total. The molecule has 0 aliphatic heterocycles. The zero-order valence-electron chi connectivity index (χ0n) is 12.1. The predicted molar refractivity (Wildman–Crippen MR) is 80.1 cm³/mol. The minimum atomic E-state index is -0.449. The Bertz CT molecular complexity index is 502. The first-order chi connectivity index (χ1) is 9.35. The summed E-state index contributed by atoms with van der Waals surface area (Å²) in [4.78, 5) is 24.9. The Hall–Kier alpha value is -2.08. The van der Waals surface area contributed by atoms with Crippen LogP contribution in [-0.2, 0) is 9.59 Å². The van der Waals surface area contributed by atoms with Crippen molar-refractivity contribution < 1.29 is 9.59 Å². The van der Waals surface area contributed by atoms with E-state index >= 15 is 0 Å². The summed E-state index contributed by atoms with van der Waals surface area (Å²) in [6.07, 6.45) is 0. The molecule has 2 amide bonds. The summed E-state index contributed by atoms with van der Waals surface area (Å²) in [5.74, 6) is -0.629. The maximum Gasteiger partial charge on any atom is 0.241 e. The van der Waals surface area contributed by atoms with E-state index in [9.17, 15) is 9.59 Å². The van der Waals surface area contributed by atoms with E-state index in [1.165, 1.54) is 0 Å². The van der Waals surface area contributed by atoms with Gasteiger partial charge in [-0.2, -0.15) is 0 Å². The lowest BCUT2D eigenvalue weighted by molar-refractivity contribution is -0.123. The Morgan fingerprint density at radius 2 is 2.05 bits per heavy atom. The lowest BCUT2D eigenvalue weighted by Gasteiger charge is -2.25. The molecule has 1 unspecified atom stereocenters. The maximum atomic E-state index is 12.2. The molecule has 6 heteroatoms. The zero-order valence-corrected chi connectivity index (χ0v) is 12.1. The van der Waals surface area contributed by atoms with Gasteiger partial charge in [0.25, 0.3) is 0 Å². The molecular formula is C14H22N4O2. The van der Waals surface area contributed by atoms with E-state index in [1.807, 2.05) is 13.8 Å². The number of aryl methyl sites for hydroxylation is 1. The van der Waals surface area contributed by atoms with Crippen LogP contribution in [0, 0.1) is 6.92 Å². The van der Waals surface area contributed by atoms with Crippen molar-refractivity contribution in [3.05, 3.63) is 23.8 Å². The number of amides is 2. The molecule has 0 aliphatic carbocycles. The zero-order chi connectivity index (χ0) is 15.3. The minimum absolute atomic E-state index is 0.0613. The second-order valence-electron chi connectivity index (χ2n) is 4.77. The lowest BCUT2D eigenvalue weighted by Crippen LogP contribution is -2.45. The van der Waals surface area contributed by atoms with Crippen molar-refractivity contribution in [1.29, 1.82) is 0 Å². The molecule has 0 fully saturated rings. The van der Waals surface area contributed by atoms with Crippen LogP contribution in [-0.4, -0.2) is 35.8 Å². The molecule has 0 saturated carbocycles. The summed E-state index contributed by atoms with van der Waals surface area (Å²) in [7, 11) is 0. The molecule has 1 aromatic rings. The van der Waals surface area contributed by atoms with Gasteiger partial charge in [0, 0.05) is 11.4 Å². The number of carbonyl (C=O) groups excluding carboxylic acids is 2. The van der Waals surface area contributed by atoms with Crippen LogP contribution in [0.2, 0.25) is 0 Å². The third kappa shape index (κ3) is 4.24. The third-order valence-electron chi connectivity index (χ3n) is 3.20. The van der Waals surface area contributed by atoms with Gasteiger partial charge in [0.05, 0.1) is 12.6 Å². The van der Waals surface area contributed by atoms with Crippen LogP contribution in [0.3, 0.4) is 0 Å². The number of benzene rings is 1. The van der Waals surface area contributed by atoms with Crippen molar-refractivity contribution in [3.8, 4) is 0 Å². The van der Waals surface area contributed by atoms with Crippen LogP contribution in [0.15, 0.2) is 18.2 Å². The first kappa shape index (κ1) is 16.0. The quantitative estimate of drug-likeness (QED) is 0.667. The van der Waals surface area contributed by atoms with Crippen molar-refractivity contribution in [2.24, 2.45) is 5.73 Å². The Labute approximate surface area is 119 Å². The molecule has 1 aromatic carbocycles. The van der Waals surface area contributed by atoms with E-state index in [-0.39, 0.29) is 12.5 Å². The molecule has 0 spiro atoms. The van der Waals surface area contributed by atoms with E-state index in [0.717, 1.165) is 5.56 Å². The highest BCUT2D eigenvalue weighted by molar-refractivity contribution is 5.95. The molecule has 0 saturated heterocycles. The highest BCUT2D eigenvalue weighted by Crippen LogP contribution is 2.18. The van der Waals surface area contributed by atoms with E-state index in [0.29, 0.717) is 17.9 Å². The topological polar surface area (TPSA) is 101 Å². The molecule has 0 aliphatic rings. The van der Waals surface area contributed by atoms with E-state index < -0.39 is 11.9 Å². The number of nitrogens with two attached hydrogens (primary N) is 2. The van der Waals surface area contributed by atoms with Crippen molar-refractivity contribution in [1.82, 2.24) is 4.90 Å². The van der Waals surface area contributed by atoms with Crippen molar-refractivity contribution in [2.75, 3.05) is 24.1 Å². The Morgan fingerprint density at radius 1 is 1.40 bits per heavy atom. The van der Waals surface area contributed by atoms with Crippen molar-refractivity contribution >= 4 is 23.2 Å². The number of nitrogen functional groups attached to an aromatic ring is 1. The van der Waals surface area contributed by atoms with Gasteiger partial charge in [-0.15, -0.1) is 0 Å². The number of hydrogen-bond acceptors (Lipinski definition) is 4. The highest BCUT2D eigenvalue weighted by atomic mass is 16.2. The van der Waals surface area contributed by atoms with Gasteiger partial charge in [0.2, 0.25) is 11.8 Å². The van der Waals surface area contributed by atoms with Crippen LogP contribution in [0.4, 0.5) is 11.4 Å². The molecule has 0 heterocycles. The minimum Gasteiger partial charge on any atom is -0.399 e. The van der Waals surface area contributed by atoms with E-state index in [2.05, 4.69) is 5.32 Å². The van der Waals surface area contributed by atoms with Gasteiger partial charge in [-0.05, 0) is 44.2 Å². The van der Waals surface area contributed by atoms with Crippen LogP contribution < -0.4 is 16.8 Å². The number of primary amides is 1. The van der Waals surface area contributed by atoms with Gasteiger partial charge < -0.3 is 16.8 Å². The first-order valence-electron chi connectivity index (χ1n) is 6.54. The van der Waals surface area contributed by atoms with Crippen LogP contribution in [0.5, 0.6) is 0 Å². The van der Waals surface area contributed by atoms with Gasteiger partial charge in [0.1, 0.15) is 0 Å². The molecule has 1 rings (SSSR count). The number of likely N-dealkylation sites (N-methyl/N-ethyl adjacent to an activating group) is 1. The maximum absolute atomic E-state index is 12.2. The molecule has 110 valence electrons. The smallest absolute Gasteiger partial charge is 0.241 e. The van der Waals surface area contributed by atoms with Gasteiger partial charge in [-0.3, -0.25) is 14.5 Å². The lowest BCUT2D eigenvalue weighted by atomic mass is 10.1. The van der Waals surface area contributed by atoms with Crippen molar-refractivity contribution in [3.63, 3.8) is 0 Å². The number of anilines is 2. The summed E-state index contributed by atoms with van der Waals surface area (Å²) in [6.45, 7) is 6.12. The molecular weight excluding hydrogens is 256 g/mol. The molecule has 20 heavy (non-hydrogen) atoms. The number of nitrogens with zero attached hydrogens (tertiary/aromatic N) is 1. The fraction of sp³-hybridized carbons (Fsp3) is 0.429. The van der Waals surface area contributed by atoms with Gasteiger partial charge >= 0.3 is 0 Å². The molecule has 5 N–H and O–H groups in total. The Morgan fingerprint density at radius 3 is 2.55 bits per heavy atom. The van der Waals surface area contributed by atoms with E-state index in [1.54, 1.807) is 30.0 Å². The number of rotatable bonds is 6. The second-order valence-corrected chi connectivity index (χ2v) is 4.77. The normalized spacial score (nSPS) is 12.2. The fourth-order valence-corrected chi connectivity index (χ4v) is 1.95. The van der Waals surface area contributed by atoms with Gasteiger partial charge in [0.15, 0.2) is 0 Å². The summed E-state index contributed by atoms with van der Waals surface area (Å²) in [5.41, 5.74) is 13.1. The average Bonchev–Trinajstić information content (AvgIpc) is 2.38. The standard InChI is InChI=1S/C14H22N4O2/c1-4-18(8-13(16)19)10(3)14(20)17-12-6-5-11(15)7-9(12)2/h5-7,10H,4,8,15H2,1-3H3,(H2,16,19)(H,17,20).